The quantitative estimate of drug-likeness (QED) is 0.840. The van der Waals surface area contributed by atoms with E-state index < -0.39 is 0 Å². The number of carbonyl (C=O) groups is 1. The average Bonchev–Trinajstić information content (AvgIpc) is 2.61. The van der Waals surface area contributed by atoms with Crippen molar-refractivity contribution in [3.05, 3.63) is 69.7 Å². The molecular formula is C16H11ClO2. The summed E-state index contributed by atoms with van der Waals surface area (Å²) in [4.78, 5) is 12.4. The lowest BCUT2D eigenvalue weighted by molar-refractivity contribution is 0.105. The molecule has 0 bridgehead atoms. The molecule has 0 spiro atoms. The Hall–Kier alpha value is -2.06. The van der Waals surface area contributed by atoms with Crippen molar-refractivity contribution in [1.82, 2.24) is 0 Å². The lowest BCUT2D eigenvalue weighted by Crippen LogP contribution is -1.98. The average molecular weight is 271 g/mol. The molecule has 1 N–H and O–H groups in total. The van der Waals surface area contributed by atoms with Gasteiger partial charge in [0, 0.05) is 16.1 Å². The lowest BCUT2D eigenvalue weighted by atomic mass is 10.0. The molecule has 94 valence electrons. The van der Waals surface area contributed by atoms with E-state index in [1.54, 1.807) is 30.3 Å². The predicted molar refractivity (Wildman–Crippen MR) is 76.4 cm³/mol. The predicted octanol–water partition coefficient (Wildman–Crippen LogP) is 4.27. The Labute approximate surface area is 116 Å². The molecule has 2 aromatic rings. The highest BCUT2D eigenvalue weighted by atomic mass is 35.5. The summed E-state index contributed by atoms with van der Waals surface area (Å²) < 4.78 is 0. The van der Waals surface area contributed by atoms with Crippen LogP contribution in [-0.2, 0) is 0 Å². The summed E-state index contributed by atoms with van der Waals surface area (Å²) in [5.41, 5.74) is 3.11. The van der Waals surface area contributed by atoms with Gasteiger partial charge in [0.1, 0.15) is 5.76 Å². The molecule has 1 aliphatic carbocycles. The lowest BCUT2D eigenvalue weighted by Gasteiger charge is -2.02. The molecule has 3 heteroatoms. The number of fused-ring (bicyclic) bond motifs is 1. The van der Waals surface area contributed by atoms with Crippen LogP contribution in [-0.4, -0.2) is 10.9 Å². The van der Waals surface area contributed by atoms with Gasteiger partial charge in [0.05, 0.1) is 5.57 Å². The van der Waals surface area contributed by atoms with E-state index >= 15 is 0 Å². The SMILES string of the molecule is Cc1ccc2c(c1)C(O)=C(c1cccc(Cl)c1)C2=O. The molecular weight excluding hydrogens is 260 g/mol. The van der Waals surface area contributed by atoms with Gasteiger partial charge >= 0.3 is 0 Å². The molecule has 19 heavy (non-hydrogen) atoms. The molecule has 2 aromatic carbocycles. The van der Waals surface area contributed by atoms with Gasteiger partial charge in [0.2, 0.25) is 0 Å². The van der Waals surface area contributed by atoms with Crippen LogP contribution in [0.1, 0.15) is 27.0 Å². The highest BCUT2D eigenvalue weighted by molar-refractivity contribution is 6.39. The van der Waals surface area contributed by atoms with Gasteiger partial charge in [-0.25, -0.2) is 0 Å². The van der Waals surface area contributed by atoms with E-state index in [4.69, 9.17) is 11.6 Å². The van der Waals surface area contributed by atoms with Crippen LogP contribution >= 0.6 is 11.6 Å². The summed E-state index contributed by atoms with van der Waals surface area (Å²) in [6.45, 7) is 1.93. The number of halogens is 1. The van der Waals surface area contributed by atoms with E-state index in [1.165, 1.54) is 0 Å². The number of carbonyl (C=O) groups excluding carboxylic acids is 1. The van der Waals surface area contributed by atoms with Gasteiger partial charge in [0.25, 0.3) is 0 Å². The van der Waals surface area contributed by atoms with Gasteiger partial charge in [-0.05, 0) is 30.7 Å². The molecule has 2 nitrogen and oxygen atoms in total. The number of ketones is 1. The van der Waals surface area contributed by atoms with Crippen molar-refractivity contribution in [1.29, 1.82) is 0 Å². The highest BCUT2D eigenvalue weighted by Crippen LogP contribution is 2.37. The van der Waals surface area contributed by atoms with E-state index in [2.05, 4.69) is 0 Å². The van der Waals surface area contributed by atoms with Crippen molar-refractivity contribution in [2.75, 3.05) is 0 Å². The Bertz CT molecular complexity index is 729. The normalized spacial score (nSPS) is 13.9. The smallest absolute Gasteiger partial charge is 0.198 e. The molecule has 3 rings (SSSR count). The van der Waals surface area contributed by atoms with Crippen LogP contribution in [0.15, 0.2) is 42.5 Å². The minimum Gasteiger partial charge on any atom is -0.507 e. The van der Waals surface area contributed by atoms with E-state index in [-0.39, 0.29) is 11.5 Å². The zero-order valence-electron chi connectivity index (χ0n) is 10.3. The number of allylic oxidation sites excluding steroid dienone is 1. The Morgan fingerprint density at radius 1 is 1.05 bits per heavy atom. The largest absolute Gasteiger partial charge is 0.507 e. The number of aliphatic hydroxyl groups excluding tert-OH is 1. The van der Waals surface area contributed by atoms with Crippen LogP contribution in [0.2, 0.25) is 5.02 Å². The van der Waals surface area contributed by atoms with Crippen LogP contribution in [0.25, 0.3) is 11.3 Å². The molecule has 0 atom stereocenters. The first kappa shape index (κ1) is 12.0. The van der Waals surface area contributed by atoms with Gasteiger partial charge in [-0.15, -0.1) is 0 Å². The molecule has 0 aliphatic heterocycles. The van der Waals surface area contributed by atoms with Crippen LogP contribution in [0.5, 0.6) is 0 Å². The number of benzene rings is 2. The second-order valence-corrected chi connectivity index (χ2v) is 5.05. The summed E-state index contributed by atoms with van der Waals surface area (Å²) in [6.07, 6.45) is 0. The first-order chi connectivity index (χ1) is 9.08. The third-order valence-electron chi connectivity index (χ3n) is 3.25. The van der Waals surface area contributed by atoms with Crippen LogP contribution in [0.3, 0.4) is 0 Å². The number of rotatable bonds is 1. The fraction of sp³-hybridized carbons (Fsp3) is 0.0625. The maximum absolute atomic E-state index is 12.4. The van der Waals surface area contributed by atoms with Crippen molar-refractivity contribution in [3.63, 3.8) is 0 Å². The number of aliphatic hydroxyl groups is 1. The summed E-state index contributed by atoms with van der Waals surface area (Å²) in [5.74, 6) is -0.124. The molecule has 0 unspecified atom stereocenters. The summed E-state index contributed by atoms with van der Waals surface area (Å²) >= 11 is 5.94. The van der Waals surface area contributed by atoms with Crippen molar-refractivity contribution in [2.24, 2.45) is 0 Å². The van der Waals surface area contributed by atoms with E-state index in [1.807, 2.05) is 19.1 Å². The topological polar surface area (TPSA) is 37.3 Å². The van der Waals surface area contributed by atoms with Crippen molar-refractivity contribution >= 4 is 28.7 Å². The second kappa shape index (κ2) is 4.25. The van der Waals surface area contributed by atoms with Crippen LogP contribution in [0, 0.1) is 6.92 Å². The number of Topliss-reactive ketones (excluding diaryl/α,β-unsaturated/α-hetero) is 1. The minimum absolute atomic E-state index is 0.0333. The van der Waals surface area contributed by atoms with Crippen molar-refractivity contribution < 1.29 is 9.90 Å². The monoisotopic (exact) mass is 270 g/mol. The van der Waals surface area contributed by atoms with Gasteiger partial charge in [-0.3, -0.25) is 4.79 Å². The first-order valence-corrected chi connectivity index (χ1v) is 6.30. The second-order valence-electron chi connectivity index (χ2n) is 4.61. The van der Waals surface area contributed by atoms with Gasteiger partial charge < -0.3 is 5.11 Å². The Balaban J connectivity index is 2.22. The third kappa shape index (κ3) is 1.85. The molecule has 0 heterocycles. The molecule has 0 fully saturated rings. The number of hydrogen-bond acceptors (Lipinski definition) is 2. The summed E-state index contributed by atoms with van der Waals surface area (Å²) in [6, 6.07) is 12.4. The molecule has 0 amide bonds. The van der Waals surface area contributed by atoms with Gasteiger partial charge in [-0.1, -0.05) is 41.4 Å². The van der Waals surface area contributed by atoms with E-state index in [0.717, 1.165) is 5.56 Å². The molecule has 1 aliphatic rings. The molecule has 0 aromatic heterocycles. The third-order valence-corrected chi connectivity index (χ3v) is 3.49. The number of aryl methyl sites for hydroxylation is 1. The standard InChI is InChI=1S/C16H11ClO2/c1-9-5-6-12-13(7-9)16(19)14(15(12)18)10-3-2-4-11(17)8-10/h2-8,19H,1H3. The summed E-state index contributed by atoms with van der Waals surface area (Å²) in [5, 5.41) is 10.8. The zero-order valence-corrected chi connectivity index (χ0v) is 11.0. The van der Waals surface area contributed by atoms with Crippen LogP contribution in [0.4, 0.5) is 0 Å². The number of hydrogen-bond donors (Lipinski definition) is 1. The van der Waals surface area contributed by atoms with E-state index in [9.17, 15) is 9.90 Å². The van der Waals surface area contributed by atoms with Crippen LogP contribution < -0.4 is 0 Å². The van der Waals surface area contributed by atoms with E-state index in [0.29, 0.717) is 27.3 Å². The van der Waals surface area contributed by atoms with Crippen molar-refractivity contribution in [3.8, 4) is 0 Å². The maximum atomic E-state index is 12.4. The van der Waals surface area contributed by atoms with Crippen molar-refractivity contribution in [2.45, 2.75) is 6.92 Å². The molecule has 0 saturated carbocycles. The summed E-state index contributed by atoms with van der Waals surface area (Å²) in [7, 11) is 0. The zero-order chi connectivity index (χ0) is 13.6. The highest BCUT2D eigenvalue weighted by Gasteiger charge is 2.30. The Morgan fingerprint density at radius 3 is 2.58 bits per heavy atom. The first-order valence-electron chi connectivity index (χ1n) is 5.93. The fourth-order valence-electron chi connectivity index (χ4n) is 2.34. The van der Waals surface area contributed by atoms with Gasteiger partial charge in [-0.2, -0.15) is 0 Å². The van der Waals surface area contributed by atoms with Gasteiger partial charge in [0.15, 0.2) is 5.78 Å². The molecule has 0 radical (unpaired) electrons. The fourth-order valence-corrected chi connectivity index (χ4v) is 2.53. The minimum atomic E-state index is -0.158. The molecule has 0 saturated heterocycles. The maximum Gasteiger partial charge on any atom is 0.198 e. The Morgan fingerprint density at radius 2 is 1.84 bits per heavy atom. The Kier molecular flexibility index (Phi) is 2.68.